The van der Waals surface area contributed by atoms with E-state index in [1.165, 1.54) is 0 Å². The van der Waals surface area contributed by atoms with Crippen LogP contribution in [0.3, 0.4) is 0 Å². The van der Waals surface area contributed by atoms with Crippen LogP contribution >= 0.6 is 0 Å². The summed E-state index contributed by atoms with van der Waals surface area (Å²) in [6.07, 6.45) is 1.86. The van der Waals surface area contributed by atoms with E-state index in [4.69, 9.17) is 4.74 Å². The molecule has 142 valence electrons. The van der Waals surface area contributed by atoms with Crippen LogP contribution in [0.1, 0.15) is 29.8 Å². The van der Waals surface area contributed by atoms with Gasteiger partial charge in [0.15, 0.2) is 0 Å². The van der Waals surface area contributed by atoms with Crippen LogP contribution in [0.2, 0.25) is 0 Å². The highest BCUT2D eigenvalue weighted by Crippen LogP contribution is 2.19. The molecule has 2 N–H and O–H groups in total. The van der Waals surface area contributed by atoms with Crippen LogP contribution in [0.15, 0.2) is 85.1 Å². The maximum atomic E-state index is 12.4. The van der Waals surface area contributed by atoms with Crippen molar-refractivity contribution in [3.05, 3.63) is 96.2 Å². The van der Waals surface area contributed by atoms with Crippen molar-refractivity contribution < 1.29 is 9.53 Å². The van der Waals surface area contributed by atoms with Crippen molar-refractivity contribution >= 4 is 22.5 Å². The van der Waals surface area contributed by atoms with E-state index in [-0.39, 0.29) is 5.91 Å². The van der Waals surface area contributed by atoms with Gasteiger partial charge in [0.2, 0.25) is 0 Å². The number of ether oxygens (including phenoxy) is 1. The molecule has 4 nitrogen and oxygen atoms in total. The first-order valence-corrected chi connectivity index (χ1v) is 9.43. The number of aromatic nitrogens is 1. The number of hydrogen-bond acceptors (Lipinski definition) is 2. The summed E-state index contributed by atoms with van der Waals surface area (Å²) in [7, 11) is 0. The topological polar surface area (TPSA) is 54.1 Å². The van der Waals surface area contributed by atoms with E-state index in [0.29, 0.717) is 12.2 Å². The van der Waals surface area contributed by atoms with Crippen molar-refractivity contribution in [3.63, 3.8) is 0 Å². The lowest BCUT2D eigenvalue weighted by Crippen LogP contribution is -2.11. The Bertz CT molecular complexity index is 1020. The first-order valence-electron chi connectivity index (χ1n) is 9.43. The van der Waals surface area contributed by atoms with Gasteiger partial charge in [-0.2, -0.15) is 0 Å². The van der Waals surface area contributed by atoms with E-state index in [0.717, 1.165) is 27.9 Å². The molecule has 0 atom stereocenters. The van der Waals surface area contributed by atoms with Crippen LogP contribution < -0.4 is 10.1 Å². The molecule has 28 heavy (non-hydrogen) atoms. The molecule has 3 aromatic carbocycles. The predicted octanol–water partition coefficient (Wildman–Crippen LogP) is 6.03. The van der Waals surface area contributed by atoms with Gasteiger partial charge in [0.1, 0.15) is 12.4 Å². The van der Waals surface area contributed by atoms with E-state index >= 15 is 0 Å². The molecule has 4 rings (SSSR count). The SMILES string of the molecule is CC.O=C(Nc1ccc(OCc2ccccc2)cc1)c1ccc2[nH]ccc2c1. The molecule has 0 radical (unpaired) electrons. The highest BCUT2D eigenvalue weighted by molar-refractivity contribution is 6.06. The summed E-state index contributed by atoms with van der Waals surface area (Å²) in [6.45, 7) is 4.52. The minimum Gasteiger partial charge on any atom is -0.489 e. The number of amides is 1. The third kappa shape index (κ3) is 4.80. The number of carbonyl (C=O) groups is 1. The monoisotopic (exact) mass is 372 g/mol. The lowest BCUT2D eigenvalue weighted by atomic mass is 10.1. The average molecular weight is 372 g/mol. The fourth-order valence-corrected chi connectivity index (χ4v) is 2.77. The predicted molar refractivity (Wildman–Crippen MR) is 115 cm³/mol. The van der Waals surface area contributed by atoms with Gasteiger partial charge in [-0.1, -0.05) is 44.2 Å². The molecule has 0 saturated heterocycles. The molecule has 1 heterocycles. The first-order chi connectivity index (χ1) is 13.8. The van der Waals surface area contributed by atoms with Crippen molar-refractivity contribution in [3.8, 4) is 5.75 Å². The Morgan fingerprint density at radius 1 is 0.929 bits per heavy atom. The van der Waals surface area contributed by atoms with E-state index < -0.39 is 0 Å². The molecule has 0 bridgehead atoms. The smallest absolute Gasteiger partial charge is 0.255 e. The molecule has 0 aliphatic carbocycles. The fourth-order valence-electron chi connectivity index (χ4n) is 2.77. The Balaban J connectivity index is 0.00000109. The summed E-state index contributed by atoms with van der Waals surface area (Å²) in [5, 5.41) is 3.93. The van der Waals surface area contributed by atoms with Crippen molar-refractivity contribution in [2.45, 2.75) is 20.5 Å². The van der Waals surface area contributed by atoms with Gasteiger partial charge in [0, 0.05) is 28.4 Å². The second kappa shape index (κ2) is 9.42. The summed E-state index contributed by atoms with van der Waals surface area (Å²) in [4.78, 5) is 15.5. The highest BCUT2D eigenvalue weighted by Gasteiger charge is 2.07. The zero-order valence-electron chi connectivity index (χ0n) is 16.1. The van der Waals surface area contributed by atoms with Gasteiger partial charge in [-0.05, 0) is 54.1 Å². The molecular formula is C24H24N2O2. The maximum absolute atomic E-state index is 12.4. The third-order valence-corrected chi connectivity index (χ3v) is 4.18. The molecule has 4 aromatic rings. The molecule has 0 spiro atoms. The average Bonchev–Trinajstić information content (AvgIpc) is 3.23. The van der Waals surface area contributed by atoms with Crippen LogP contribution in [0.4, 0.5) is 5.69 Å². The van der Waals surface area contributed by atoms with E-state index in [9.17, 15) is 4.79 Å². The van der Waals surface area contributed by atoms with Crippen molar-refractivity contribution in [2.24, 2.45) is 0 Å². The molecule has 0 fully saturated rings. The van der Waals surface area contributed by atoms with Gasteiger partial charge < -0.3 is 15.0 Å². The molecule has 0 aliphatic heterocycles. The number of rotatable bonds is 5. The number of nitrogens with one attached hydrogen (secondary N) is 2. The lowest BCUT2D eigenvalue weighted by molar-refractivity contribution is 0.102. The number of carbonyl (C=O) groups excluding carboxylic acids is 1. The number of aromatic amines is 1. The zero-order valence-corrected chi connectivity index (χ0v) is 16.1. The summed E-state index contributed by atoms with van der Waals surface area (Å²) in [5.41, 5.74) is 3.49. The summed E-state index contributed by atoms with van der Waals surface area (Å²) >= 11 is 0. The van der Waals surface area contributed by atoms with E-state index in [1.807, 2.05) is 98.9 Å². The summed E-state index contributed by atoms with van der Waals surface area (Å²) in [5.74, 6) is 0.631. The Labute approximate surface area is 165 Å². The van der Waals surface area contributed by atoms with Crippen LogP contribution in [-0.4, -0.2) is 10.9 Å². The van der Waals surface area contributed by atoms with E-state index in [2.05, 4.69) is 10.3 Å². The molecular weight excluding hydrogens is 348 g/mol. The van der Waals surface area contributed by atoms with Gasteiger partial charge in [-0.3, -0.25) is 4.79 Å². The largest absolute Gasteiger partial charge is 0.489 e. The van der Waals surface area contributed by atoms with E-state index in [1.54, 1.807) is 0 Å². The van der Waals surface area contributed by atoms with Crippen molar-refractivity contribution in [1.29, 1.82) is 0 Å². The summed E-state index contributed by atoms with van der Waals surface area (Å²) in [6, 6.07) is 24.9. The number of H-pyrrole nitrogens is 1. The quantitative estimate of drug-likeness (QED) is 0.450. The second-order valence-electron chi connectivity index (χ2n) is 6.03. The standard InChI is InChI=1S/C22H18N2O2.C2H6/c25-22(18-6-11-21-17(14-18)12-13-23-21)24-19-7-9-20(10-8-19)26-15-16-4-2-1-3-5-16;1-2/h1-14,23H,15H2,(H,24,25);1-2H3. The number of fused-ring (bicyclic) bond motifs is 1. The van der Waals surface area contributed by atoms with Crippen LogP contribution in [0.25, 0.3) is 10.9 Å². The van der Waals surface area contributed by atoms with Gasteiger partial charge in [0.05, 0.1) is 0 Å². The van der Waals surface area contributed by atoms with Gasteiger partial charge in [0.25, 0.3) is 5.91 Å². The number of anilines is 1. The molecule has 1 amide bonds. The molecule has 0 saturated carbocycles. The minimum atomic E-state index is -0.133. The third-order valence-electron chi connectivity index (χ3n) is 4.18. The molecule has 0 aliphatic rings. The maximum Gasteiger partial charge on any atom is 0.255 e. The van der Waals surface area contributed by atoms with Crippen molar-refractivity contribution in [1.82, 2.24) is 4.98 Å². The minimum absolute atomic E-state index is 0.133. The fraction of sp³-hybridized carbons (Fsp3) is 0.125. The number of hydrogen-bond donors (Lipinski definition) is 2. The molecule has 4 heteroatoms. The van der Waals surface area contributed by atoms with Gasteiger partial charge in [-0.25, -0.2) is 0 Å². The highest BCUT2D eigenvalue weighted by atomic mass is 16.5. The van der Waals surface area contributed by atoms with Crippen LogP contribution in [-0.2, 0) is 6.61 Å². The van der Waals surface area contributed by atoms with Gasteiger partial charge in [-0.15, -0.1) is 0 Å². The lowest BCUT2D eigenvalue weighted by Gasteiger charge is -2.09. The Morgan fingerprint density at radius 2 is 1.68 bits per heavy atom. The van der Waals surface area contributed by atoms with Crippen molar-refractivity contribution in [2.75, 3.05) is 5.32 Å². The Kier molecular flexibility index (Phi) is 6.47. The van der Waals surface area contributed by atoms with Crippen LogP contribution in [0.5, 0.6) is 5.75 Å². The Hall–Kier alpha value is -3.53. The summed E-state index contributed by atoms with van der Waals surface area (Å²) < 4.78 is 5.76. The number of benzene rings is 3. The zero-order chi connectivity index (χ0) is 19.8. The van der Waals surface area contributed by atoms with Gasteiger partial charge >= 0.3 is 0 Å². The second-order valence-corrected chi connectivity index (χ2v) is 6.03. The Morgan fingerprint density at radius 3 is 2.43 bits per heavy atom. The molecule has 1 aromatic heterocycles. The van der Waals surface area contributed by atoms with Crippen LogP contribution in [0, 0.1) is 0 Å². The first kappa shape index (κ1) is 19.2. The normalized spacial score (nSPS) is 10.1. The molecule has 0 unspecified atom stereocenters.